The van der Waals surface area contributed by atoms with Gasteiger partial charge in [0.2, 0.25) is 17.3 Å². The molecular formula is C23H28O12. The van der Waals surface area contributed by atoms with Gasteiger partial charge in [0.15, 0.2) is 5.79 Å². The minimum atomic E-state index is -3.78. The fourth-order valence-electron chi connectivity index (χ4n) is 6.04. The molecule has 0 spiro atoms. The van der Waals surface area contributed by atoms with Crippen LogP contribution in [0.3, 0.4) is 0 Å². The number of aliphatic hydroxyl groups is 4. The molecule has 192 valence electrons. The van der Waals surface area contributed by atoms with Crippen LogP contribution in [0, 0.1) is 5.92 Å². The van der Waals surface area contributed by atoms with Crippen molar-refractivity contribution in [1.82, 2.24) is 0 Å². The molecule has 0 amide bonds. The van der Waals surface area contributed by atoms with Gasteiger partial charge in [-0.05, 0) is 29.9 Å². The van der Waals surface area contributed by atoms with Gasteiger partial charge in [0.1, 0.15) is 12.2 Å². The highest BCUT2D eigenvalue weighted by atomic mass is 16.8. The minimum absolute atomic E-state index is 0.0349. The Kier molecular flexibility index (Phi) is 5.79. The molecule has 7 N–H and O–H groups in total. The van der Waals surface area contributed by atoms with Crippen LogP contribution < -0.4 is 0 Å². The first-order valence-electron chi connectivity index (χ1n) is 11.1. The molecule has 0 aromatic heterocycles. The van der Waals surface area contributed by atoms with Crippen molar-refractivity contribution in [3.05, 3.63) is 35.4 Å². The molecule has 4 rings (SSSR count). The topological polar surface area (TPSA) is 211 Å². The fraction of sp³-hybridized carbons (Fsp3) is 0.609. The number of ether oxygens (including phenoxy) is 2. The van der Waals surface area contributed by atoms with Crippen LogP contribution in [0.1, 0.15) is 37.8 Å². The third-order valence-corrected chi connectivity index (χ3v) is 7.99. The van der Waals surface area contributed by atoms with Crippen LogP contribution in [0.15, 0.2) is 24.3 Å². The number of carbonyl (C=O) groups is 3. The van der Waals surface area contributed by atoms with E-state index in [1.54, 1.807) is 13.0 Å². The van der Waals surface area contributed by atoms with Crippen LogP contribution in [0.2, 0.25) is 0 Å². The van der Waals surface area contributed by atoms with Gasteiger partial charge in [0, 0.05) is 11.8 Å². The van der Waals surface area contributed by atoms with Gasteiger partial charge in [0.05, 0.1) is 6.10 Å². The molecule has 2 aliphatic heterocycles. The highest BCUT2D eigenvalue weighted by molar-refractivity contribution is 5.97. The van der Waals surface area contributed by atoms with Crippen LogP contribution in [0.5, 0.6) is 0 Å². The number of carboxylic acid groups (broad SMARTS) is 3. The zero-order chi connectivity index (χ0) is 26.1. The quantitative estimate of drug-likeness (QED) is 0.249. The molecule has 2 bridgehead atoms. The van der Waals surface area contributed by atoms with E-state index in [2.05, 4.69) is 0 Å². The standard InChI is InChI=1S/C23H28O12/c1-10-9-11-5-3-4-6-12(11)20(2,13(10)24)7-8-21-14(25)15(26)23(35-21,19(31)32)22(33,18(29)30)16(34-21)17(27)28/h3-6,10,13-16,24-26,33H,7-9H2,1-2H3,(H,27,28)(H,29,30)(H,31,32). The first-order valence-corrected chi connectivity index (χ1v) is 11.1. The number of rotatable bonds is 6. The van der Waals surface area contributed by atoms with E-state index in [9.17, 15) is 50.1 Å². The van der Waals surface area contributed by atoms with Crippen molar-refractivity contribution >= 4 is 17.9 Å². The maximum atomic E-state index is 12.2. The van der Waals surface area contributed by atoms with Crippen molar-refractivity contribution in [3.8, 4) is 0 Å². The largest absolute Gasteiger partial charge is 0.479 e. The normalized spacial score (nSPS) is 44.5. The number of aliphatic carboxylic acids is 3. The zero-order valence-corrected chi connectivity index (χ0v) is 19.0. The van der Waals surface area contributed by atoms with Crippen molar-refractivity contribution < 1.29 is 59.6 Å². The highest BCUT2D eigenvalue weighted by Crippen LogP contribution is 2.56. The Morgan fingerprint density at radius 1 is 0.971 bits per heavy atom. The predicted octanol–water partition coefficient (Wildman–Crippen LogP) is -1.15. The number of aliphatic hydroxyl groups excluding tert-OH is 3. The van der Waals surface area contributed by atoms with Crippen LogP contribution in [0.4, 0.5) is 0 Å². The molecule has 12 heteroatoms. The molecule has 0 radical (unpaired) electrons. The van der Waals surface area contributed by atoms with E-state index < -0.39 is 71.1 Å². The molecule has 35 heavy (non-hydrogen) atoms. The number of hydrogen-bond acceptors (Lipinski definition) is 9. The van der Waals surface area contributed by atoms with Gasteiger partial charge in [-0.15, -0.1) is 0 Å². The Morgan fingerprint density at radius 2 is 1.60 bits per heavy atom. The van der Waals surface area contributed by atoms with Gasteiger partial charge in [0.25, 0.3) is 0 Å². The number of fused-ring (bicyclic) bond motifs is 3. The molecule has 1 aromatic rings. The van der Waals surface area contributed by atoms with E-state index in [-0.39, 0.29) is 12.3 Å². The van der Waals surface area contributed by atoms with Crippen molar-refractivity contribution in [2.24, 2.45) is 5.92 Å². The lowest BCUT2D eigenvalue weighted by atomic mass is 9.63. The maximum Gasteiger partial charge on any atom is 0.343 e. The first-order chi connectivity index (χ1) is 16.2. The van der Waals surface area contributed by atoms with E-state index >= 15 is 0 Å². The zero-order valence-electron chi connectivity index (χ0n) is 19.0. The summed E-state index contributed by atoms with van der Waals surface area (Å²) < 4.78 is 10.7. The van der Waals surface area contributed by atoms with Crippen molar-refractivity contribution in [2.45, 2.75) is 79.9 Å². The number of benzene rings is 1. The van der Waals surface area contributed by atoms with Gasteiger partial charge in [-0.25, -0.2) is 14.4 Å². The van der Waals surface area contributed by atoms with Gasteiger partial charge in [-0.1, -0.05) is 38.1 Å². The fourth-order valence-corrected chi connectivity index (χ4v) is 6.04. The summed E-state index contributed by atoms with van der Waals surface area (Å²) in [6.07, 6.45) is -8.25. The third kappa shape index (κ3) is 3.11. The predicted molar refractivity (Wildman–Crippen MR) is 113 cm³/mol. The Labute approximate surface area is 199 Å². The second-order valence-corrected chi connectivity index (χ2v) is 9.95. The van der Waals surface area contributed by atoms with Crippen molar-refractivity contribution in [3.63, 3.8) is 0 Å². The van der Waals surface area contributed by atoms with E-state index in [4.69, 9.17) is 9.47 Å². The molecule has 3 aliphatic rings. The first kappa shape index (κ1) is 25.5. The van der Waals surface area contributed by atoms with E-state index in [0.717, 1.165) is 11.1 Å². The Balaban J connectivity index is 1.80. The molecule has 2 heterocycles. The minimum Gasteiger partial charge on any atom is -0.479 e. The molecule has 1 aromatic carbocycles. The number of hydrogen-bond donors (Lipinski definition) is 7. The van der Waals surface area contributed by atoms with Crippen LogP contribution in [-0.2, 0) is 35.7 Å². The lowest BCUT2D eigenvalue weighted by molar-refractivity contribution is -0.375. The van der Waals surface area contributed by atoms with Crippen LogP contribution in [-0.4, -0.2) is 95.1 Å². The molecule has 9 unspecified atom stereocenters. The Bertz CT molecular complexity index is 1070. The average Bonchev–Trinajstić information content (AvgIpc) is 3.00. The van der Waals surface area contributed by atoms with E-state index in [1.165, 1.54) is 0 Å². The van der Waals surface area contributed by atoms with Gasteiger partial charge < -0.3 is 45.2 Å². The molecule has 2 saturated heterocycles. The Morgan fingerprint density at radius 3 is 2.17 bits per heavy atom. The third-order valence-electron chi connectivity index (χ3n) is 7.99. The summed E-state index contributed by atoms with van der Waals surface area (Å²) in [5, 5.41) is 72.6. The van der Waals surface area contributed by atoms with Gasteiger partial charge in [-0.2, -0.15) is 0 Å². The smallest absolute Gasteiger partial charge is 0.343 e. The highest BCUT2D eigenvalue weighted by Gasteiger charge is 2.84. The second kappa shape index (κ2) is 7.95. The molecule has 12 nitrogen and oxygen atoms in total. The van der Waals surface area contributed by atoms with Crippen molar-refractivity contribution in [1.29, 1.82) is 0 Å². The summed E-state index contributed by atoms with van der Waals surface area (Å²) in [5.74, 6) is -9.22. The van der Waals surface area contributed by atoms with Gasteiger partial charge >= 0.3 is 17.9 Å². The summed E-state index contributed by atoms with van der Waals surface area (Å²) in [6.45, 7) is 3.60. The average molecular weight is 496 g/mol. The summed E-state index contributed by atoms with van der Waals surface area (Å²) in [7, 11) is 0. The second-order valence-electron chi connectivity index (χ2n) is 9.95. The lowest BCUT2D eigenvalue weighted by Gasteiger charge is -2.50. The maximum absolute atomic E-state index is 12.2. The Hall–Kier alpha value is -2.61. The summed E-state index contributed by atoms with van der Waals surface area (Å²) in [4.78, 5) is 36.1. The molecule has 9 atom stereocenters. The molecule has 1 aliphatic carbocycles. The lowest BCUT2D eigenvalue weighted by Crippen LogP contribution is -2.77. The molecular weight excluding hydrogens is 468 g/mol. The van der Waals surface area contributed by atoms with Gasteiger partial charge in [-0.3, -0.25) is 0 Å². The monoisotopic (exact) mass is 496 g/mol. The summed E-state index contributed by atoms with van der Waals surface area (Å²) >= 11 is 0. The van der Waals surface area contributed by atoms with Crippen LogP contribution in [0.25, 0.3) is 0 Å². The van der Waals surface area contributed by atoms with E-state index in [0.29, 0.717) is 6.42 Å². The van der Waals surface area contributed by atoms with E-state index in [1.807, 2.05) is 25.1 Å². The molecule has 0 saturated carbocycles. The summed E-state index contributed by atoms with van der Waals surface area (Å²) in [5.41, 5.74) is -6.45. The molecule has 2 fully saturated rings. The SMILES string of the molecule is CC1Cc2ccccc2C(C)(CCC23OC(C(=O)O)C(O)(C(=O)O)C(C(=O)O)(O2)C(O)C3O)C1O. The van der Waals surface area contributed by atoms with Crippen molar-refractivity contribution in [2.75, 3.05) is 0 Å². The number of carboxylic acids is 3. The summed E-state index contributed by atoms with van der Waals surface area (Å²) in [6, 6.07) is 7.34. The van der Waals surface area contributed by atoms with Crippen LogP contribution >= 0.6 is 0 Å².